The summed E-state index contributed by atoms with van der Waals surface area (Å²) in [6.45, 7) is 9.78. The third kappa shape index (κ3) is 3.92. The normalized spacial score (nSPS) is 11.6. The average molecular weight is 360 g/mol. The van der Waals surface area contributed by atoms with Gasteiger partial charge in [-0.3, -0.25) is 9.36 Å². The van der Waals surface area contributed by atoms with Crippen molar-refractivity contribution in [2.45, 2.75) is 34.6 Å². The SMILES string of the molecule is CCOP(=O)(OCC)c1cc(C)c(C)c(C)c1C(=O)c1ccccc1. The van der Waals surface area contributed by atoms with E-state index in [-0.39, 0.29) is 19.0 Å². The predicted octanol–water partition coefficient (Wildman–Crippen LogP) is 4.73. The minimum absolute atomic E-state index is 0.171. The van der Waals surface area contributed by atoms with E-state index in [1.165, 1.54) is 0 Å². The van der Waals surface area contributed by atoms with Crippen LogP contribution in [0.1, 0.15) is 46.5 Å². The Bertz CT molecular complexity index is 802. The maximum Gasteiger partial charge on any atom is 0.362 e. The Hall–Kier alpha value is -1.74. The molecule has 0 bridgehead atoms. The highest BCUT2D eigenvalue weighted by Gasteiger charge is 2.34. The summed E-state index contributed by atoms with van der Waals surface area (Å²) < 4.78 is 24.4. The number of carbonyl (C=O) groups is 1. The molecule has 0 N–H and O–H groups in total. The van der Waals surface area contributed by atoms with Crippen molar-refractivity contribution in [3.05, 3.63) is 64.2 Å². The van der Waals surface area contributed by atoms with Gasteiger partial charge in [0, 0.05) is 11.1 Å². The monoisotopic (exact) mass is 360 g/mol. The average Bonchev–Trinajstić information content (AvgIpc) is 2.60. The number of benzene rings is 2. The molecule has 0 aliphatic carbocycles. The van der Waals surface area contributed by atoms with E-state index in [0.29, 0.717) is 16.4 Å². The van der Waals surface area contributed by atoms with Gasteiger partial charge in [-0.1, -0.05) is 30.3 Å². The molecule has 2 aromatic rings. The Morgan fingerprint density at radius 1 is 0.960 bits per heavy atom. The zero-order valence-corrected chi connectivity index (χ0v) is 16.4. The first-order valence-electron chi connectivity index (χ1n) is 8.46. The lowest BCUT2D eigenvalue weighted by Crippen LogP contribution is -2.23. The molecule has 134 valence electrons. The van der Waals surface area contributed by atoms with E-state index in [4.69, 9.17) is 9.05 Å². The predicted molar refractivity (Wildman–Crippen MR) is 101 cm³/mol. The second kappa shape index (κ2) is 8.09. The van der Waals surface area contributed by atoms with Crippen LogP contribution in [0.5, 0.6) is 0 Å². The van der Waals surface area contributed by atoms with Crippen molar-refractivity contribution in [3.63, 3.8) is 0 Å². The second-order valence-corrected chi connectivity index (χ2v) is 7.86. The van der Waals surface area contributed by atoms with Crippen LogP contribution in [0.15, 0.2) is 36.4 Å². The van der Waals surface area contributed by atoms with Crippen molar-refractivity contribution in [2.75, 3.05) is 13.2 Å². The molecular weight excluding hydrogens is 335 g/mol. The van der Waals surface area contributed by atoms with Gasteiger partial charge in [0.1, 0.15) is 0 Å². The summed E-state index contributed by atoms with van der Waals surface area (Å²) in [5.74, 6) is -0.171. The third-order valence-corrected chi connectivity index (χ3v) is 6.43. The van der Waals surface area contributed by atoms with Crippen LogP contribution in [-0.4, -0.2) is 19.0 Å². The smallest absolute Gasteiger partial charge is 0.305 e. The molecule has 0 fully saturated rings. The number of ketones is 1. The van der Waals surface area contributed by atoms with Crippen LogP contribution in [0.2, 0.25) is 0 Å². The highest BCUT2D eigenvalue weighted by atomic mass is 31.2. The zero-order valence-electron chi connectivity index (χ0n) is 15.5. The second-order valence-electron chi connectivity index (χ2n) is 5.87. The molecule has 0 spiro atoms. The number of carbonyl (C=O) groups excluding carboxylic acids is 1. The van der Waals surface area contributed by atoms with Gasteiger partial charge < -0.3 is 9.05 Å². The van der Waals surface area contributed by atoms with Crippen LogP contribution >= 0.6 is 7.60 Å². The number of aryl methyl sites for hydroxylation is 1. The largest absolute Gasteiger partial charge is 0.362 e. The van der Waals surface area contributed by atoms with Crippen molar-refractivity contribution in [1.29, 1.82) is 0 Å². The molecule has 0 aliphatic heterocycles. The fourth-order valence-corrected chi connectivity index (χ4v) is 4.74. The topological polar surface area (TPSA) is 52.6 Å². The van der Waals surface area contributed by atoms with E-state index in [1.54, 1.807) is 32.0 Å². The zero-order chi connectivity index (χ0) is 18.6. The molecule has 2 rings (SSSR count). The van der Waals surface area contributed by atoms with Gasteiger partial charge in [-0.2, -0.15) is 0 Å². The molecular formula is C20H25O4P. The van der Waals surface area contributed by atoms with Crippen molar-refractivity contribution in [3.8, 4) is 0 Å². The fourth-order valence-electron chi connectivity index (χ4n) is 2.81. The number of hydrogen-bond donors (Lipinski definition) is 0. The summed E-state index contributed by atoms with van der Waals surface area (Å²) in [5.41, 5.74) is 3.73. The lowest BCUT2D eigenvalue weighted by molar-refractivity contribution is 0.103. The molecule has 4 nitrogen and oxygen atoms in total. The van der Waals surface area contributed by atoms with Gasteiger partial charge in [-0.25, -0.2) is 0 Å². The third-order valence-electron chi connectivity index (χ3n) is 4.29. The molecule has 5 heteroatoms. The van der Waals surface area contributed by atoms with Gasteiger partial charge in [-0.05, 0) is 57.4 Å². The molecule has 2 aromatic carbocycles. The molecule has 0 amide bonds. The Balaban J connectivity index is 2.76. The summed E-state index contributed by atoms with van der Waals surface area (Å²) in [5, 5.41) is 0.352. The molecule has 0 saturated heterocycles. The number of hydrogen-bond acceptors (Lipinski definition) is 4. The molecule has 0 saturated carbocycles. The van der Waals surface area contributed by atoms with Crippen LogP contribution in [0.4, 0.5) is 0 Å². The summed E-state index contributed by atoms with van der Waals surface area (Å²) in [4.78, 5) is 13.2. The van der Waals surface area contributed by atoms with Gasteiger partial charge in [0.2, 0.25) is 0 Å². The summed E-state index contributed by atoms with van der Waals surface area (Å²) in [6, 6.07) is 10.8. The van der Waals surface area contributed by atoms with E-state index < -0.39 is 7.60 Å². The molecule has 25 heavy (non-hydrogen) atoms. The van der Waals surface area contributed by atoms with Crippen LogP contribution in [0.25, 0.3) is 0 Å². The van der Waals surface area contributed by atoms with Crippen molar-refractivity contribution < 1.29 is 18.4 Å². The van der Waals surface area contributed by atoms with Crippen LogP contribution in [0, 0.1) is 20.8 Å². The lowest BCUT2D eigenvalue weighted by atomic mass is 9.93. The molecule has 0 heterocycles. The van der Waals surface area contributed by atoms with Gasteiger partial charge in [0.15, 0.2) is 5.78 Å². The van der Waals surface area contributed by atoms with Crippen LogP contribution < -0.4 is 5.30 Å². The first-order valence-corrected chi connectivity index (χ1v) is 10.00. The first kappa shape index (κ1) is 19.6. The first-order chi connectivity index (χ1) is 11.9. The van der Waals surface area contributed by atoms with E-state index in [0.717, 1.165) is 16.7 Å². The van der Waals surface area contributed by atoms with Gasteiger partial charge in [0.05, 0.1) is 18.5 Å². The van der Waals surface area contributed by atoms with Gasteiger partial charge >= 0.3 is 7.60 Å². The molecule has 0 aromatic heterocycles. The van der Waals surface area contributed by atoms with Crippen molar-refractivity contribution in [2.24, 2.45) is 0 Å². The van der Waals surface area contributed by atoms with Crippen LogP contribution in [0.3, 0.4) is 0 Å². The molecule has 0 radical (unpaired) electrons. The molecule has 0 aliphatic rings. The Kier molecular flexibility index (Phi) is 6.34. The van der Waals surface area contributed by atoms with E-state index in [9.17, 15) is 9.36 Å². The molecule has 0 unspecified atom stereocenters. The highest BCUT2D eigenvalue weighted by Crippen LogP contribution is 2.48. The summed E-state index contributed by atoms with van der Waals surface area (Å²) in [7, 11) is -3.58. The quantitative estimate of drug-likeness (QED) is 0.529. The minimum Gasteiger partial charge on any atom is -0.305 e. The Morgan fingerprint density at radius 3 is 2.04 bits per heavy atom. The Morgan fingerprint density at radius 2 is 1.52 bits per heavy atom. The maximum absolute atomic E-state index is 13.4. The maximum atomic E-state index is 13.4. The standard InChI is InChI=1S/C20H25O4P/c1-6-23-25(22,24-7-2)18-13-14(3)15(4)16(5)19(18)20(21)17-11-9-8-10-12-17/h8-13H,6-7H2,1-5H3. The van der Waals surface area contributed by atoms with E-state index >= 15 is 0 Å². The van der Waals surface area contributed by atoms with Crippen molar-refractivity contribution in [1.82, 2.24) is 0 Å². The fraction of sp³-hybridized carbons (Fsp3) is 0.350. The van der Waals surface area contributed by atoms with E-state index in [2.05, 4.69) is 0 Å². The van der Waals surface area contributed by atoms with Crippen LogP contribution in [-0.2, 0) is 13.6 Å². The minimum atomic E-state index is -3.58. The lowest BCUT2D eigenvalue weighted by Gasteiger charge is -2.23. The highest BCUT2D eigenvalue weighted by molar-refractivity contribution is 7.62. The van der Waals surface area contributed by atoms with Gasteiger partial charge in [0.25, 0.3) is 0 Å². The Labute approximate surface area is 149 Å². The number of rotatable bonds is 7. The summed E-state index contributed by atoms with van der Waals surface area (Å²) >= 11 is 0. The van der Waals surface area contributed by atoms with Crippen molar-refractivity contribution >= 4 is 18.7 Å². The van der Waals surface area contributed by atoms with Gasteiger partial charge in [-0.15, -0.1) is 0 Å². The molecule has 0 atom stereocenters. The summed E-state index contributed by atoms with van der Waals surface area (Å²) in [6.07, 6.45) is 0. The van der Waals surface area contributed by atoms with E-state index in [1.807, 2.05) is 39.0 Å².